The molecular weight excluding hydrogens is 224 g/mol. The second kappa shape index (κ2) is 2.82. The van der Waals surface area contributed by atoms with Crippen LogP contribution in [0.5, 0.6) is 0 Å². The van der Waals surface area contributed by atoms with Crippen molar-refractivity contribution in [3.05, 3.63) is 23.1 Å². The van der Waals surface area contributed by atoms with Crippen molar-refractivity contribution in [3.63, 3.8) is 0 Å². The molecule has 1 aliphatic rings. The van der Waals surface area contributed by atoms with Crippen molar-refractivity contribution in [2.24, 2.45) is 0 Å². The number of hydrogen-bond acceptors (Lipinski definition) is 2. The summed E-state index contributed by atoms with van der Waals surface area (Å²) in [4.78, 5) is -1.56. The van der Waals surface area contributed by atoms with E-state index in [2.05, 4.69) is 0 Å². The molecule has 0 N–H and O–H groups in total. The van der Waals surface area contributed by atoms with Crippen LogP contribution in [0.2, 0.25) is 0 Å². The highest BCUT2D eigenvalue weighted by atomic mass is 32.2. The minimum absolute atomic E-state index is 0.0261. The van der Waals surface area contributed by atoms with Crippen LogP contribution in [-0.2, 0) is 9.84 Å². The van der Waals surface area contributed by atoms with Gasteiger partial charge in [0.2, 0.25) is 0 Å². The van der Waals surface area contributed by atoms with E-state index in [0.717, 1.165) is 0 Å². The predicted molar refractivity (Wildman–Crippen MR) is 42.0 cm³/mol. The predicted octanol–water partition coefficient (Wildman–Crippen LogP) is 1.76. The molecule has 0 amide bonds. The van der Waals surface area contributed by atoms with E-state index in [1.54, 1.807) is 0 Å². The standard InChI is InChI=1S/C7H6F4O2S/c1-14(12,13)5-3-2-4-6(8,9)7(5,10)11/h2-4H,1H3. The summed E-state index contributed by atoms with van der Waals surface area (Å²) in [5, 5.41) is 0. The topological polar surface area (TPSA) is 34.1 Å². The van der Waals surface area contributed by atoms with Gasteiger partial charge in [-0.2, -0.15) is 17.6 Å². The largest absolute Gasteiger partial charge is 0.349 e. The molecule has 0 radical (unpaired) electrons. The minimum Gasteiger partial charge on any atom is -0.224 e. The second-order valence-corrected chi connectivity index (χ2v) is 4.84. The van der Waals surface area contributed by atoms with Gasteiger partial charge in [0.1, 0.15) is 4.91 Å². The van der Waals surface area contributed by atoms with E-state index in [-0.39, 0.29) is 6.08 Å². The number of sulfone groups is 1. The Balaban J connectivity index is 3.36. The SMILES string of the molecule is CS(=O)(=O)C1=CC=CC(F)(F)C1(F)F. The number of hydrogen-bond donors (Lipinski definition) is 0. The normalized spacial score (nSPS) is 24.5. The van der Waals surface area contributed by atoms with E-state index in [1.165, 1.54) is 0 Å². The zero-order valence-electron chi connectivity index (χ0n) is 6.97. The van der Waals surface area contributed by atoms with E-state index in [1.807, 2.05) is 0 Å². The summed E-state index contributed by atoms with van der Waals surface area (Å²) in [6.07, 6.45) is 1.52. The Morgan fingerprint density at radius 2 is 1.71 bits per heavy atom. The number of rotatable bonds is 1. The third-order valence-corrected chi connectivity index (χ3v) is 2.87. The third-order valence-electron chi connectivity index (χ3n) is 1.68. The van der Waals surface area contributed by atoms with Crippen molar-refractivity contribution < 1.29 is 26.0 Å². The summed E-state index contributed by atoms with van der Waals surface area (Å²) >= 11 is 0. The first-order valence-electron chi connectivity index (χ1n) is 3.45. The molecule has 0 unspecified atom stereocenters. The lowest BCUT2D eigenvalue weighted by molar-refractivity contribution is -0.151. The van der Waals surface area contributed by atoms with Crippen molar-refractivity contribution in [1.82, 2.24) is 0 Å². The van der Waals surface area contributed by atoms with Gasteiger partial charge >= 0.3 is 11.8 Å². The molecule has 2 nitrogen and oxygen atoms in total. The Morgan fingerprint density at radius 1 is 1.21 bits per heavy atom. The number of halogens is 4. The molecule has 0 saturated carbocycles. The van der Waals surface area contributed by atoms with Gasteiger partial charge in [0.05, 0.1) is 0 Å². The lowest BCUT2D eigenvalue weighted by Crippen LogP contribution is -2.43. The van der Waals surface area contributed by atoms with Crippen LogP contribution in [0.1, 0.15) is 0 Å². The molecule has 0 saturated heterocycles. The Bertz CT molecular complexity index is 405. The summed E-state index contributed by atoms with van der Waals surface area (Å²) in [5.41, 5.74) is 0. The molecule has 0 aliphatic heterocycles. The molecular formula is C7H6F4O2S. The van der Waals surface area contributed by atoms with Crippen LogP contribution in [0.15, 0.2) is 23.1 Å². The minimum atomic E-state index is -4.67. The quantitative estimate of drug-likeness (QED) is 0.643. The lowest BCUT2D eigenvalue weighted by Gasteiger charge is -2.27. The first kappa shape index (κ1) is 11.2. The molecule has 1 aliphatic carbocycles. The maximum absolute atomic E-state index is 12.9. The van der Waals surface area contributed by atoms with Crippen LogP contribution in [0.25, 0.3) is 0 Å². The summed E-state index contributed by atoms with van der Waals surface area (Å²) in [5.74, 6) is -9.13. The fraction of sp³-hybridized carbons (Fsp3) is 0.429. The lowest BCUT2D eigenvalue weighted by atomic mass is 10.1. The molecule has 0 fully saturated rings. The second-order valence-electron chi connectivity index (χ2n) is 2.86. The van der Waals surface area contributed by atoms with Crippen LogP contribution in [0.3, 0.4) is 0 Å². The first-order valence-corrected chi connectivity index (χ1v) is 5.34. The van der Waals surface area contributed by atoms with Gasteiger partial charge in [-0.1, -0.05) is 6.08 Å². The van der Waals surface area contributed by atoms with Crippen molar-refractivity contribution in [3.8, 4) is 0 Å². The Hall–Kier alpha value is -0.850. The van der Waals surface area contributed by atoms with Crippen molar-refractivity contribution in [2.75, 3.05) is 6.26 Å². The zero-order chi connectivity index (χ0) is 11.2. The van der Waals surface area contributed by atoms with Gasteiger partial charge in [-0.05, 0) is 12.2 Å². The fourth-order valence-electron chi connectivity index (χ4n) is 0.986. The van der Waals surface area contributed by atoms with E-state index < -0.39 is 26.6 Å². The average Bonchev–Trinajstić information content (AvgIpc) is 1.92. The molecule has 0 aromatic carbocycles. The Kier molecular flexibility index (Phi) is 2.26. The molecule has 0 aromatic heterocycles. The average molecular weight is 230 g/mol. The maximum Gasteiger partial charge on any atom is 0.349 e. The fourth-order valence-corrected chi connectivity index (χ4v) is 1.91. The van der Waals surface area contributed by atoms with E-state index in [0.29, 0.717) is 18.4 Å². The van der Waals surface area contributed by atoms with Crippen molar-refractivity contribution in [1.29, 1.82) is 0 Å². The summed E-state index contributed by atoms with van der Waals surface area (Å²) in [6, 6.07) is 0. The van der Waals surface area contributed by atoms with Crippen LogP contribution >= 0.6 is 0 Å². The van der Waals surface area contributed by atoms with E-state index in [4.69, 9.17) is 0 Å². The highest BCUT2D eigenvalue weighted by molar-refractivity contribution is 7.94. The highest BCUT2D eigenvalue weighted by Crippen LogP contribution is 2.44. The van der Waals surface area contributed by atoms with Gasteiger partial charge in [-0.25, -0.2) is 8.42 Å². The summed E-state index contributed by atoms with van der Waals surface area (Å²) in [7, 11) is -4.32. The van der Waals surface area contributed by atoms with Gasteiger partial charge in [0.25, 0.3) is 0 Å². The third kappa shape index (κ3) is 1.56. The first-order chi connectivity index (χ1) is 6.09. The number of alkyl halides is 4. The molecule has 0 spiro atoms. The van der Waals surface area contributed by atoms with Crippen LogP contribution in [0, 0.1) is 0 Å². The van der Waals surface area contributed by atoms with Crippen LogP contribution in [0.4, 0.5) is 17.6 Å². The van der Waals surface area contributed by atoms with Crippen LogP contribution in [-0.4, -0.2) is 26.5 Å². The van der Waals surface area contributed by atoms with Crippen molar-refractivity contribution in [2.45, 2.75) is 11.8 Å². The molecule has 80 valence electrons. The molecule has 0 aromatic rings. The van der Waals surface area contributed by atoms with Gasteiger partial charge in [0.15, 0.2) is 9.84 Å². The van der Waals surface area contributed by atoms with Gasteiger partial charge in [0, 0.05) is 6.26 Å². The zero-order valence-corrected chi connectivity index (χ0v) is 7.79. The Labute approximate surface area is 77.8 Å². The summed E-state index contributed by atoms with van der Waals surface area (Å²) in [6.45, 7) is 0. The van der Waals surface area contributed by atoms with Gasteiger partial charge < -0.3 is 0 Å². The Morgan fingerprint density at radius 3 is 2.07 bits per heavy atom. The maximum atomic E-state index is 12.9. The molecule has 7 heteroatoms. The molecule has 0 heterocycles. The van der Waals surface area contributed by atoms with Gasteiger partial charge in [-0.3, -0.25) is 0 Å². The number of allylic oxidation sites excluding steroid dienone is 4. The molecule has 0 atom stereocenters. The van der Waals surface area contributed by atoms with E-state index in [9.17, 15) is 26.0 Å². The van der Waals surface area contributed by atoms with E-state index >= 15 is 0 Å². The van der Waals surface area contributed by atoms with Crippen molar-refractivity contribution >= 4 is 9.84 Å². The smallest absolute Gasteiger partial charge is 0.224 e. The van der Waals surface area contributed by atoms with Gasteiger partial charge in [-0.15, -0.1) is 0 Å². The van der Waals surface area contributed by atoms with Crippen LogP contribution < -0.4 is 0 Å². The molecule has 1 rings (SSSR count). The summed E-state index contributed by atoms with van der Waals surface area (Å²) < 4.78 is 72.6. The molecule has 0 bridgehead atoms. The molecule has 14 heavy (non-hydrogen) atoms. The monoisotopic (exact) mass is 230 g/mol. The highest BCUT2D eigenvalue weighted by Gasteiger charge is 2.60.